The van der Waals surface area contributed by atoms with Crippen LogP contribution in [0.1, 0.15) is 28.3 Å². The Balaban J connectivity index is 2.55. The molecule has 0 saturated heterocycles. The lowest BCUT2D eigenvalue weighted by Crippen LogP contribution is -2.15. The van der Waals surface area contributed by atoms with Crippen molar-refractivity contribution in [2.24, 2.45) is 5.73 Å². The number of methoxy groups -OCH3 is 2. The summed E-state index contributed by atoms with van der Waals surface area (Å²) in [5, 5.41) is 0. The van der Waals surface area contributed by atoms with E-state index in [4.69, 9.17) is 15.2 Å². The molecule has 0 saturated carbocycles. The number of rotatable bonds is 4. The van der Waals surface area contributed by atoms with Gasteiger partial charge in [0.1, 0.15) is 16.0 Å². The fourth-order valence-electron chi connectivity index (χ4n) is 2.43. The molecular formula is C17H20BrNO2. The van der Waals surface area contributed by atoms with Crippen LogP contribution in [0.2, 0.25) is 0 Å². The van der Waals surface area contributed by atoms with Gasteiger partial charge >= 0.3 is 0 Å². The van der Waals surface area contributed by atoms with Crippen LogP contribution in [-0.4, -0.2) is 14.2 Å². The van der Waals surface area contributed by atoms with E-state index in [9.17, 15) is 0 Å². The van der Waals surface area contributed by atoms with Crippen LogP contribution in [0, 0.1) is 13.8 Å². The molecule has 2 aromatic carbocycles. The second kappa shape index (κ2) is 6.50. The summed E-state index contributed by atoms with van der Waals surface area (Å²) in [5.74, 6) is 1.44. The quantitative estimate of drug-likeness (QED) is 0.902. The van der Waals surface area contributed by atoms with E-state index in [1.54, 1.807) is 14.2 Å². The highest BCUT2D eigenvalue weighted by Gasteiger charge is 2.20. The monoisotopic (exact) mass is 349 g/mol. The van der Waals surface area contributed by atoms with Crippen molar-refractivity contribution in [2.75, 3.05) is 14.2 Å². The first-order chi connectivity index (χ1) is 9.99. The van der Waals surface area contributed by atoms with Crippen molar-refractivity contribution in [3.63, 3.8) is 0 Å². The molecular weight excluding hydrogens is 330 g/mol. The van der Waals surface area contributed by atoms with E-state index < -0.39 is 0 Å². The molecule has 0 aliphatic heterocycles. The van der Waals surface area contributed by atoms with Crippen molar-refractivity contribution < 1.29 is 9.47 Å². The molecule has 3 nitrogen and oxygen atoms in total. The van der Waals surface area contributed by atoms with Gasteiger partial charge in [-0.25, -0.2) is 0 Å². The van der Waals surface area contributed by atoms with E-state index in [0.717, 1.165) is 21.3 Å². The summed E-state index contributed by atoms with van der Waals surface area (Å²) in [5.41, 5.74) is 10.9. The zero-order chi connectivity index (χ0) is 15.6. The van der Waals surface area contributed by atoms with Crippen LogP contribution < -0.4 is 15.2 Å². The molecule has 0 aromatic heterocycles. The highest BCUT2D eigenvalue weighted by atomic mass is 79.9. The van der Waals surface area contributed by atoms with Crippen molar-refractivity contribution in [2.45, 2.75) is 19.9 Å². The van der Waals surface area contributed by atoms with Gasteiger partial charge in [0.15, 0.2) is 0 Å². The van der Waals surface area contributed by atoms with Crippen LogP contribution in [0.25, 0.3) is 0 Å². The largest absolute Gasteiger partial charge is 0.495 e. The number of nitrogens with two attached hydrogens (primary N) is 1. The van der Waals surface area contributed by atoms with E-state index in [1.165, 1.54) is 11.1 Å². The first kappa shape index (κ1) is 15.9. The third-order valence-electron chi connectivity index (χ3n) is 3.62. The van der Waals surface area contributed by atoms with Crippen LogP contribution in [0.3, 0.4) is 0 Å². The summed E-state index contributed by atoms with van der Waals surface area (Å²) in [6.07, 6.45) is 0. The summed E-state index contributed by atoms with van der Waals surface area (Å²) < 4.78 is 11.6. The lowest BCUT2D eigenvalue weighted by molar-refractivity contribution is 0.385. The van der Waals surface area contributed by atoms with Gasteiger partial charge in [0.2, 0.25) is 0 Å². The van der Waals surface area contributed by atoms with Gasteiger partial charge in [-0.3, -0.25) is 0 Å². The van der Waals surface area contributed by atoms with Crippen LogP contribution in [-0.2, 0) is 0 Å². The lowest BCUT2D eigenvalue weighted by Gasteiger charge is -2.20. The first-order valence-corrected chi connectivity index (χ1v) is 7.52. The van der Waals surface area contributed by atoms with Gasteiger partial charge in [-0.15, -0.1) is 0 Å². The van der Waals surface area contributed by atoms with Crippen molar-refractivity contribution in [3.8, 4) is 11.5 Å². The standard InChI is InChI=1S/C17H20BrNO2/c1-10-5-6-11(2)13(9-10)16(19)12-7-8-14(20-3)15(18)17(12)21-4/h5-9,16H,19H2,1-4H3. The van der Waals surface area contributed by atoms with E-state index in [1.807, 2.05) is 12.1 Å². The maximum Gasteiger partial charge on any atom is 0.141 e. The minimum atomic E-state index is -0.248. The molecule has 2 N–H and O–H groups in total. The normalized spacial score (nSPS) is 12.1. The molecule has 112 valence electrons. The molecule has 0 bridgehead atoms. The summed E-state index contributed by atoms with van der Waals surface area (Å²) in [6, 6.07) is 9.91. The zero-order valence-electron chi connectivity index (χ0n) is 12.7. The molecule has 0 amide bonds. The highest BCUT2D eigenvalue weighted by Crippen LogP contribution is 2.41. The number of benzene rings is 2. The molecule has 4 heteroatoms. The maximum absolute atomic E-state index is 6.48. The SMILES string of the molecule is COc1ccc(C(N)c2cc(C)ccc2C)c(OC)c1Br. The molecule has 2 rings (SSSR count). The Morgan fingerprint density at radius 2 is 1.71 bits per heavy atom. The predicted molar refractivity (Wildman–Crippen MR) is 89.2 cm³/mol. The Kier molecular flexibility index (Phi) is 4.91. The van der Waals surface area contributed by atoms with Crippen LogP contribution >= 0.6 is 15.9 Å². The van der Waals surface area contributed by atoms with Crippen molar-refractivity contribution in [3.05, 3.63) is 57.1 Å². The molecule has 0 heterocycles. The molecule has 21 heavy (non-hydrogen) atoms. The Labute approximate surface area is 134 Å². The van der Waals surface area contributed by atoms with Gasteiger partial charge in [-0.2, -0.15) is 0 Å². The number of hydrogen-bond acceptors (Lipinski definition) is 3. The third kappa shape index (κ3) is 3.06. The van der Waals surface area contributed by atoms with E-state index in [-0.39, 0.29) is 6.04 Å². The number of halogens is 1. The van der Waals surface area contributed by atoms with E-state index in [2.05, 4.69) is 48.0 Å². The average molecular weight is 350 g/mol. The minimum Gasteiger partial charge on any atom is -0.495 e. The number of ether oxygens (including phenoxy) is 2. The summed E-state index contributed by atoms with van der Waals surface area (Å²) in [6.45, 7) is 4.14. The lowest BCUT2D eigenvalue weighted by atomic mass is 9.93. The minimum absolute atomic E-state index is 0.248. The molecule has 0 aliphatic carbocycles. The zero-order valence-corrected chi connectivity index (χ0v) is 14.3. The first-order valence-electron chi connectivity index (χ1n) is 6.72. The topological polar surface area (TPSA) is 44.5 Å². The van der Waals surface area contributed by atoms with E-state index >= 15 is 0 Å². The Bertz CT molecular complexity index is 655. The highest BCUT2D eigenvalue weighted by molar-refractivity contribution is 9.10. The van der Waals surface area contributed by atoms with Gasteiger partial charge in [-0.1, -0.05) is 23.8 Å². The Hall–Kier alpha value is -1.52. The second-order valence-electron chi connectivity index (χ2n) is 5.04. The molecule has 2 aromatic rings. The summed E-state index contributed by atoms with van der Waals surface area (Å²) in [4.78, 5) is 0. The molecule has 1 unspecified atom stereocenters. The summed E-state index contributed by atoms with van der Waals surface area (Å²) in [7, 11) is 3.27. The van der Waals surface area contributed by atoms with Gasteiger partial charge in [-0.05, 0) is 53.0 Å². The number of hydrogen-bond donors (Lipinski definition) is 1. The molecule has 0 fully saturated rings. The maximum atomic E-state index is 6.48. The average Bonchev–Trinajstić information content (AvgIpc) is 2.48. The predicted octanol–water partition coefficient (Wildman–Crippen LogP) is 4.13. The molecule has 0 radical (unpaired) electrons. The molecule has 1 atom stereocenters. The van der Waals surface area contributed by atoms with Crippen LogP contribution in [0.5, 0.6) is 11.5 Å². The van der Waals surface area contributed by atoms with Crippen LogP contribution in [0.15, 0.2) is 34.8 Å². The van der Waals surface area contributed by atoms with Gasteiger partial charge < -0.3 is 15.2 Å². The Morgan fingerprint density at radius 1 is 1.00 bits per heavy atom. The van der Waals surface area contributed by atoms with Crippen molar-refractivity contribution in [1.82, 2.24) is 0 Å². The fourth-order valence-corrected chi connectivity index (χ4v) is 3.11. The third-order valence-corrected chi connectivity index (χ3v) is 4.37. The van der Waals surface area contributed by atoms with Crippen LogP contribution in [0.4, 0.5) is 0 Å². The van der Waals surface area contributed by atoms with Gasteiger partial charge in [0, 0.05) is 5.56 Å². The summed E-state index contributed by atoms with van der Waals surface area (Å²) >= 11 is 3.52. The van der Waals surface area contributed by atoms with Gasteiger partial charge in [0.05, 0.1) is 20.3 Å². The van der Waals surface area contributed by atoms with Crippen molar-refractivity contribution in [1.29, 1.82) is 0 Å². The van der Waals surface area contributed by atoms with Gasteiger partial charge in [0.25, 0.3) is 0 Å². The number of aryl methyl sites for hydroxylation is 2. The molecule has 0 spiro atoms. The second-order valence-corrected chi connectivity index (χ2v) is 5.83. The fraction of sp³-hybridized carbons (Fsp3) is 0.294. The smallest absolute Gasteiger partial charge is 0.141 e. The van der Waals surface area contributed by atoms with Crippen molar-refractivity contribution >= 4 is 15.9 Å². The Morgan fingerprint density at radius 3 is 2.33 bits per heavy atom. The van der Waals surface area contributed by atoms with E-state index in [0.29, 0.717) is 5.75 Å². The molecule has 0 aliphatic rings.